The van der Waals surface area contributed by atoms with Gasteiger partial charge in [0.15, 0.2) is 6.61 Å². The number of hydrogen-bond donors (Lipinski definition) is 1. The first-order chi connectivity index (χ1) is 14.1. The molecule has 2 heterocycles. The Morgan fingerprint density at radius 1 is 1.07 bits per heavy atom. The second-order valence-corrected chi connectivity index (χ2v) is 6.88. The fraction of sp³-hybridized carbons (Fsp3) is 0.227. The molecule has 1 aliphatic heterocycles. The third-order valence-corrected chi connectivity index (χ3v) is 5.12. The van der Waals surface area contributed by atoms with Crippen molar-refractivity contribution in [3.05, 3.63) is 71.4 Å². The van der Waals surface area contributed by atoms with Crippen LogP contribution in [0.2, 0.25) is 0 Å². The highest BCUT2D eigenvalue weighted by atomic mass is 16.5. The second kappa shape index (κ2) is 7.79. The van der Waals surface area contributed by atoms with E-state index in [1.165, 1.54) is 12.0 Å². The molecule has 3 aromatic rings. The first-order valence-corrected chi connectivity index (χ1v) is 9.26. The van der Waals surface area contributed by atoms with Crippen molar-refractivity contribution in [3.63, 3.8) is 0 Å². The highest BCUT2D eigenvalue weighted by Gasteiger charge is 2.35. The van der Waals surface area contributed by atoms with E-state index in [-0.39, 0.29) is 12.2 Å². The number of nitrogens with one attached hydrogen (secondary N) is 1. The van der Waals surface area contributed by atoms with Crippen molar-refractivity contribution in [3.8, 4) is 0 Å². The van der Waals surface area contributed by atoms with E-state index in [0.29, 0.717) is 6.42 Å². The highest BCUT2D eigenvalue weighted by molar-refractivity contribution is 5.96. The fourth-order valence-corrected chi connectivity index (χ4v) is 3.60. The van der Waals surface area contributed by atoms with Gasteiger partial charge in [-0.15, -0.1) is 0 Å². The molecule has 0 bridgehead atoms. The van der Waals surface area contributed by atoms with Crippen LogP contribution in [0.5, 0.6) is 0 Å². The molecule has 7 heteroatoms. The van der Waals surface area contributed by atoms with Gasteiger partial charge in [0.1, 0.15) is 11.7 Å². The summed E-state index contributed by atoms with van der Waals surface area (Å²) >= 11 is 0. The summed E-state index contributed by atoms with van der Waals surface area (Å²) in [5.41, 5.74) is 3.04. The Morgan fingerprint density at radius 3 is 2.55 bits per heavy atom. The summed E-state index contributed by atoms with van der Waals surface area (Å²) in [6, 6.07) is 16.0. The lowest BCUT2D eigenvalue weighted by Crippen LogP contribution is -2.50. The molecule has 148 valence electrons. The number of nitrogens with zero attached hydrogens (tertiary/aromatic N) is 1. The predicted molar refractivity (Wildman–Crippen MR) is 105 cm³/mol. The van der Waals surface area contributed by atoms with Crippen LogP contribution in [0.4, 0.5) is 0 Å². The average Bonchev–Trinajstić information content (AvgIpc) is 3.20. The van der Waals surface area contributed by atoms with Crippen molar-refractivity contribution in [2.75, 3.05) is 13.7 Å². The maximum Gasteiger partial charge on any atom is 0.355 e. The van der Waals surface area contributed by atoms with Gasteiger partial charge in [-0.1, -0.05) is 42.5 Å². The first kappa shape index (κ1) is 18.7. The minimum atomic E-state index is -0.742. The highest BCUT2D eigenvalue weighted by Crippen LogP contribution is 2.24. The normalized spacial score (nSPS) is 15.6. The van der Waals surface area contributed by atoms with Gasteiger partial charge in [-0.3, -0.25) is 4.79 Å². The van der Waals surface area contributed by atoms with Crippen LogP contribution < -0.4 is 0 Å². The van der Waals surface area contributed by atoms with Crippen molar-refractivity contribution in [1.29, 1.82) is 0 Å². The van der Waals surface area contributed by atoms with Gasteiger partial charge in [0.25, 0.3) is 5.91 Å². The van der Waals surface area contributed by atoms with E-state index in [0.717, 1.165) is 22.0 Å². The Hall–Kier alpha value is -3.61. The number of benzene rings is 2. The molecule has 1 amide bonds. The summed E-state index contributed by atoms with van der Waals surface area (Å²) in [6.07, 6.45) is 0.366. The number of carbonyl (C=O) groups is 3. The standard InChI is InChI=1S/C22H20N2O5/c1-28-22(27)19-11-14-6-2-3-8-16(14)12-24(19)20(25)13-29-21(26)18-10-15-7-4-5-9-17(15)23-18/h2-10,19,23H,11-13H2,1H3/t19-/m1/s1. The van der Waals surface area contributed by atoms with Crippen LogP contribution in [0.15, 0.2) is 54.6 Å². The second-order valence-electron chi connectivity index (χ2n) is 6.88. The SMILES string of the molecule is COC(=O)[C@H]1Cc2ccccc2CN1C(=O)COC(=O)c1cc2ccccc2[nH]1. The van der Waals surface area contributed by atoms with Crippen LogP contribution in [0.3, 0.4) is 0 Å². The summed E-state index contributed by atoms with van der Waals surface area (Å²) in [4.78, 5) is 41.7. The minimum Gasteiger partial charge on any atom is -0.467 e. The summed E-state index contributed by atoms with van der Waals surface area (Å²) in [5, 5.41) is 0.879. The third-order valence-electron chi connectivity index (χ3n) is 5.12. The van der Waals surface area contributed by atoms with Gasteiger partial charge in [0.05, 0.1) is 7.11 Å². The van der Waals surface area contributed by atoms with Gasteiger partial charge in [0, 0.05) is 23.9 Å². The molecule has 7 nitrogen and oxygen atoms in total. The number of carbonyl (C=O) groups excluding carboxylic acids is 3. The number of amides is 1. The van der Waals surface area contributed by atoms with E-state index < -0.39 is 30.5 Å². The number of rotatable bonds is 4. The number of aromatic nitrogens is 1. The zero-order valence-electron chi connectivity index (χ0n) is 15.9. The van der Waals surface area contributed by atoms with Gasteiger partial charge in [-0.25, -0.2) is 9.59 Å². The number of aromatic amines is 1. The summed E-state index contributed by atoms with van der Waals surface area (Å²) in [6.45, 7) is -0.192. The molecular formula is C22H20N2O5. The summed E-state index contributed by atoms with van der Waals surface area (Å²) in [7, 11) is 1.29. The minimum absolute atomic E-state index is 0.263. The molecular weight excluding hydrogens is 372 g/mol. The van der Waals surface area contributed by atoms with Crippen LogP contribution in [-0.2, 0) is 32.0 Å². The molecule has 4 rings (SSSR count). The maximum absolute atomic E-state index is 12.8. The molecule has 2 aromatic carbocycles. The Labute approximate surface area is 167 Å². The quantitative estimate of drug-likeness (QED) is 0.689. The lowest BCUT2D eigenvalue weighted by molar-refractivity contribution is -0.155. The van der Waals surface area contributed by atoms with E-state index in [4.69, 9.17) is 9.47 Å². The topological polar surface area (TPSA) is 88.7 Å². The molecule has 1 atom stereocenters. The lowest BCUT2D eigenvalue weighted by Gasteiger charge is -2.35. The van der Waals surface area contributed by atoms with E-state index in [9.17, 15) is 14.4 Å². The molecule has 0 fully saturated rings. The first-order valence-electron chi connectivity index (χ1n) is 9.26. The number of fused-ring (bicyclic) bond motifs is 2. The molecule has 29 heavy (non-hydrogen) atoms. The van der Waals surface area contributed by atoms with Gasteiger partial charge < -0.3 is 19.4 Å². The molecule has 1 N–H and O–H groups in total. The number of ether oxygens (including phenoxy) is 2. The number of esters is 2. The molecule has 0 radical (unpaired) electrons. The Kier molecular flexibility index (Phi) is 5.03. The molecule has 0 spiro atoms. The van der Waals surface area contributed by atoms with Gasteiger partial charge >= 0.3 is 11.9 Å². The van der Waals surface area contributed by atoms with E-state index in [2.05, 4.69) is 4.98 Å². The zero-order chi connectivity index (χ0) is 20.4. The van der Waals surface area contributed by atoms with Crippen LogP contribution in [0, 0.1) is 0 Å². The number of methoxy groups -OCH3 is 1. The number of para-hydroxylation sites is 1. The van der Waals surface area contributed by atoms with E-state index in [1.807, 2.05) is 48.5 Å². The Morgan fingerprint density at radius 2 is 1.79 bits per heavy atom. The van der Waals surface area contributed by atoms with Crippen molar-refractivity contribution in [2.24, 2.45) is 0 Å². The number of hydrogen-bond acceptors (Lipinski definition) is 5. The summed E-state index contributed by atoms with van der Waals surface area (Å²) in [5.74, 6) is -1.56. The smallest absolute Gasteiger partial charge is 0.355 e. The molecule has 1 aliphatic rings. The van der Waals surface area contributed by atoms with Crippen molar-refractivity contribution < 1.29 is 23.9 Å². The van der Waals surface area contributed by atoms with E-state index >= 15 is 0 Å². The van der Waals surface area contributed by atoms with Gasteiger partial charge in [-0.05, 0) is 23.3 Å². The monoisotopic (exact) mass is 392 g/mol. The fourth-order valence-electron chi connectivity index (χ4n) is 3.60. The Balaban J connectivity index is 1.47. The van der Waals surface area contributed by atoms with Crippen LogP contribution in [0.25, 0.3) is 10.9 Å². The van der Waals surface area contributed by atoms with Crippen molar-refractivity contribution in [2.45, 2.75) is 19.0 Å². The maximum atomic E-state index is 12.8. The molecule has 0 saturated heterocycles. The number of H-pyrrole nitrogens is 1. The largest absolute Gasteiger partial charge is 0.467 e. The van der Waals surface area contributed by atoms with Gasteiger partial charge in [0.2, 0.25) is 0 Å². The average molecular weight is 392 g/mol. The Bertz CT molecular complexity index is 1050. The molecule has 0 aliphatic carbocycles. The predicted octanol–water partition coefficient (Wildman–Crippen LogP) is 2.45. The van der Waals surface area contributed by atoms with Crippen LogP contribution >= 0.6 is 0 Å². The van der Waals surface area contributed by atoms with Crippen molar-refractivity contribution >= 4 is 28.7 Å². The van der Waals surface area contributed by atoms with Gasteiger partial charge in [-0.2, -0.15) is 0 Å². The van der Waals surface area contributed by atoms with Crippen LogP contribution in [-0.4, -0.2) is 47.5 Å². The zero-order valence-corrected chi connectivity index (χ0v) is 15.9. The third kappa shape index (κ3) is 3.71. The molecule has 0 unspecified atom stereocenters. The van der Waals surface area contributed by atoms with Crippen molar-refractivity contribution in [1.82, 2.24) is 9.88 Å². The summed E-state index contributed by atoms with van der Waals surface area (Å²) < 4.78 is 10.1. The van der Waals surface area contributed by atoms with Crippen LogP contribution in [0.1, 0.15) is 21.6 Å². The van der Waals surface area contributed by atoms with E-state index in [1.54, 1.807) is 6.07 Å². The lowest BCUT2D eigenvalue weighted by atomic mass is 9.94. The molecule has 0 saturated carbocycles. The molecule has 1 aromatic heterocycles.